The maximum Gasteiger partial charge on any atom is 0.325 e. The van der Waals surface area contributed by atoms with Gasteiger partial charge in [0.25, 0.3) is 0 Å². The third-order valence-corrected chi connectivity index (χ3v) is 1.93. The molecule has 0 rings (SSSR count). The van der Waals surface area contributed by atoms with E-state index in [1.165, 1.54) is 6.92 Å². The minimum absolute atomic E-state index is 0.395. The zero-order valence-corrected chi connectivity index (χ0v) is 8.62. The lowest BCUT2D eigenvalue weighted by Gasteiger charge is -2.14. The molecule has 0 fully saturated rings. The molecule has 1 unspecified atom stereocenters. The summed E-state index contributed by atoms with van der Waals surface area (Å²) < 4.78 is 0. The average molecular weight is 202 g/mol. The fourth-order valence-corrected chi connectivity index (χ4v) is 0.937. The molecule has 5 nitrogen and oxygen atoms in total. The predicted molar refractivity (Wildman–Crippen MR) is 52.7 cm³/mol. The summed E-state index contributed by atoms with van der Waals surface area (Å²) in [6.45, 7) is 3.41. The SMILES string of the molecule is CCCCC(N)C(=O)N[C@H](C)C(=O)O. The number of nitrogens with two attached hydrogens (primary N) is 1. The van der Waals surface area contributed by atoms with Crippen LogP contribution in [0.4, 0.5) is 0 Å². The zero-order valence-electron chi connectivity index (χ0n) is 8.62. The molecule has 82 valence electrons. The molecule has 0 aromatic rings. The maximum atomic E-state index is 11.3. The van der Waals surface area contributed by atoms with Crippen molar-refractivity contribution < 1.29 is 14.7 Å². The first-order valence-electron chi connectivity index (χ1n) is 4.77. The summed E-state index contributed by atoms with van der Waals surface area (Å²) in [7, 11) is 0. The summed E-state index contributed by atoms with van der Waals surface area (Å²) in [6, 6.07) is -1.48. The van der Waals surface area contributed by atoms with Crippen LogP contribution in [0.1, 0.15) is 33.1 Å². The largest absolute Gasteiger partial charge is 0.480 e. The summed E-state index contributed by atoms with van der Waals surface area (Å²) >= 11 is 0. The molecule has 0 aliphatic carbocycles. The van der Waals surface area contributed by atoms with Crippen LogP contribution < -0.4 is 11.1 Å². The molecule has 1 amide bonds. The number of rotatable bonds is 6. The first kappa shape index (κ1) is 12.9. The van der Waals surface area contributed by atoms with Crippen molar-refractivity contribution in [2.45, 2.75) is 45.2 Å². The maximum absolute atomic E-state index is 11.3. The molecule has 0 saturated carbocycles. The molecule has 0 saturated heterocycles. The van der Waals surface area contributed by atoms with E-state index in [0.29, 0.717) is 6.42 Å². The Morgan fingerprint density at radius 2 is 2.07 bits per heavy atom. The van der Waals surface area contributed by atoms with E-state index in [1.54, 1.807) is 0 Å². The number of hydrogen-bond donors (Lipinski definition) is 3. The van der Waals surface area contributed by atoms with Crippen LogP contribution in [0, 0.1) is 0 Å². The Balaban J connectivity index is 3.88. The quantitative estimate of drug-likeness (QED) is 0.569. The number of carboxylic acids is 1. The van der Waals surface area contributed by atoms with Crippen LogP contribution in [-0.2, 0) is 9.59 Å². The van der Waals surface area contributed by atoms with Crippen molar-refractivity contribution in [1.82, 2.24) is 5.32 Å². The van der Waals surface area contributed by atoms with Crippen molar-refractivity contribution in [3.63, 3.8) is 0 Å². The van der Waals surface area contributed by atoms with Crippen molar-refractivity contribution in [3.8, 4) is 0 Å². The summed E-state index contributed by atoms with van der Waals surface area (Å²) in [5.74, 6) is -1.45. The Morgan fingerprint density at radius 1 is 1.50 bits per heavy atom. The van der Waals surface area contributed by atoms with Gasteiger partial charge in [-0.3, -0.25) is 9.59 Å². The molecule has 14 heavy (non-hydrogen) atoms. The van der Waals surface area contributed by atoms with Gasteiger partial charge >= 0.3 is 5.97 Å². The molecule has 0 aliphatic rings. The molecule has 0 radical (unpaired) electrons. The monoisotopic (exact) mass is 202 g/mol. The Hall–Kier alpha value is -1.10. The van der Waals surface area contributed by atoms with E-state index in [-0.39, 0.29) is 0 Å². The van der Waals surface area contributed by atoms with Crippen molar-refractivity contribution in [1.29, 1.82) is 0 Å². The molecule has 0 aromatic carbocycles. The van der Waals surface area contributed by atoms with Crippen LogP contribution in [0.15, 0.2) is 0 Å². The molecule has 4 N–H and O–H groups in total. The molecule has 0 aromatic heterocycles. The fourth-order valence-electron chi connectivity index (χ4n) is 0.937. The number of carboxylic acid groups (broad SMARTS) is 1. The van der Waals surface area contributed by atoms with Gasteiger partial charge in [0.05, 0.1) is 6.04 Å². The number of carbonyl (C=O) groups excluding carboxylic acids is 1. The van der Waals surface area contributed by atoms with Crippen molar-refractivity contribution in [3.05, 3.63) is 0 Å². The van der Waals surface area contributed by atoms with Crippen LogP contribution in [0.5, 0.6) is 0 Å². The number of amides is 1. The van der Waals surface area contributed by atoms with E-state index in [1.807, 2.05) is 6.92 Å². The number of nitrogens with one attached hydrogen (secondary N) is 1. The van der Waals surface area contributed by atoms with E-state index in [2.05, 4.69) is 5.32 Å². The summed E-state index contributed by atoms with van der Waals surface area (Å²) in [4.78, 5) is 21.7. The van der Waals surface area contributed by atoms with Crippen LogP contribution in [0.2, 0.25) is 0 Å². The van der Waals surface area contributed by atoms with Crippen LogP contribution in [-0.4, -0.2) is 29.1 Å². The zero-order chi connectivity index (χ0) is 11.1. The Kier molecular flexibility index (Phi) is 5.87. The van der Waals surface area contributed by atoms with Gasteiger partial charge in [-0.25, -0.2) is 0 Å². The Labute approximate surface area is 83.7 Å². The van der Waals surface area contributed by atoms with Crippen molar-refractivity contribution >= 4 is 11.9 Å². The molecule has 5 heteroatoms. The standard InChI is InChI=1S/C9H18N2O3/c1-3-4-5-7(10)8(12)11-6(2)9(13)14/h6-7H,3-5,10H2,1-2H3,(H,11,12)(H,13,14)/t6-,7?/m1/s1. The first-order valence-corrected chi connectivity index (χ1v) is 4.77. The van der Waals surface area contributed by atoms with Crippen molar-refractivity contribution in [2.24, 2.45) is 5.73 Å². The van der Waals surface area contributed by atoms with Gasteiger partial charge in [0, 0.05) is 0 Å². The Bertz CT molecular complexity index is 206. The smallest absolute Gasteiger partial charge is 0.325 e. The van der Waals surface area contributed by atoms with Gasteiger partial charge in [-0.05, 0) is 13.3 Å². The van der Waals surface area contributed by atoms with Gasteiger partial charge in [-0.2, -0.15) is 0 Å². The predicted octanol–water partition coefficient (Wildman–Crippen LogP) is 0.0932. The topological polar surface area (TPSA) is 92.4 Å². The highest BCUT2D eigenvalue weighted by Gasteiger charge is 2.18. The highest BCUT2D eigenvalue weighted by atomic mass is 16.4. The normalized spacial score (nSPS) is 14.5. The minimum atomic E-state index is -1.05. The molecule has 0 bridgehead atoms. The Morgan fingerprint density at radius 3 is 2.50 bits per heavy atom. The third-order valence-electron chi connectivity index (χ3n) is 1.93. The van der Waals surface area contributed by atoms with E-state index < -0.39 is 24.0 Å². The molecular weight excluding hydrogens is 184 g/mol. The number of unbranched alkanes of at least 4 members (excludes halogenated alkanes) is 1. The lowest BCUT2D eigenvalue weighted by atomic mass is 10.1. The lowest BCUT2D eigenvalue weighted by molar-refractivity contribution is -0.141. The average Bonchev–Trinajstić information content (AvgIpc) is 2.13. The molecule has 0 heterocycles. The summed E-state index contributed by atoms with van der Waals surface area (Å²) in [5, 5.41) is 10.9. The van der Waals surface area contributed by atoms with E-state index in [4.69, 9.17) is 10.8 Å². The van der Waals surface area contributed by atoms with E-state index >= 15 is 0 Å². The van der Waals surface area contributed by atoms with Gasteiger partial charge in [0.2, 0.25) is 5.91 Å². The number of carbonyl (C=O) groups is 2. The fraction of sp³-hybridized carbons (Fsp3) is 0.778. The summed E-state index contributed by atoms with van der Waals surface area (Å²) in [6.07, 6.45) is 2.43. The second-order valence-corrected chi connectivity index (χ2v) is 3.32. The third kappa shape index (κ3) is 4.81. The highest BCUT2D eigenvalue weighted by Crippen LogP contribution is 1.98. The van der Waals surface area contributed by atoms with E-state index in [0.717, 1.165) is 12.8 Å². The van der Waals surface area contributed by atoms with Crippen LogP contribution in [0.3, 0.4) is 0 Å². The van der Waals surface area contributed by atoms with Crippen LogP contribution in [0.25, 0.3) is 0 Å². The number of hydrogen-bond acceptors (Lipinski definition) is 3. The lowest BCUT2D eigenvalue weighted by Crippen LogP contribution is -2.47. The number of aliphatic carboxylic acids is 1. The highest BCUT2D eigenvalue weighted by molar-refractivity contribution is 5.86. The summed E-state index contributed by atoms with van der Waals surface area (Å²) in [5.41, 5.74) is 5.55. The van der Waals surface area contributed by atoms with Gasteiger partial charge in [-0.15, -0.1) is 0 Å². The minimum Gasteiger partial charge on any atom is -0.480 e. The van der Waals surface area contributed by atoms with Gasteiger partial charge in [0.1, 0.15) is 6.04 Å². The van der Waals surface area contributed by atoms with Crippen molar-refractivity contribution in [2.75, 3.05) is 0 Å². The molecule has 2 atom stereocenters. The second-order valence-electron chi connectivity index (χ2n) is 3.32. The van der Waals surface area contributed by atoms with E-state index in [9.17, 15) is 9.59 Å². The molecule has 0 spiro atoms. The molecule has 0 aliphatic heterocycles. The second kappa shape index (κ2) is 6.37. The first-order chi connectivity index (χ1) is 6.49. The van der Waals surface area contributed by atoms with Gasteiger partial charge < -0.3 is 16.2 Å². The van der Waals surface area contributed by atoms with Gasteiger partial charge in [-0.1, -0.05) is 19.8 Å². The molecular formula is C9H18N2O3. The van der Waals surface area contributed by atoms with Crippen LogP contribution >= 0.6 is 0 Å². The van der Waals surface area contributed by atoms with Gasteiger partial charge in [0.15, 0.2) is 0 Å².